The Morgan fingerprint density at radius 1 is 1.17 bits per heavy atom. The van der Waals surface area contributed by atoms with E-state index in [0.29, 0.717) is 0 Å². The Balaban J connectivity index is 1.70. The number of hydrogen-bond donors (Lipinski definition) is 2. The van der Waals surface area contributed by atoms with Crippen molar-refractivity contribution in [3.63, 3.8) is 0 Å². The average molecular weight is 312 g/mol. The average Bonchev–Trinajstić information content (AvgIpc) is 3.02. The van der Waals surface area contributed by atoms with Crippen LogP contribution in [0.1, 0.15) is 11.1 Å². The molecule has 0 aliphatic carbocycles. The van der Waals surface area contributed by atoms with Gasteiger partial charge in [0.15, 0.2) is 0 Å². The Morgan fingerprint density at radius 2 is 1.91 bits per heavy atom. The Hall–Kier alpha value is -2.37. The molecule has 2 aromatic rings. The van der Waals surface area contributed by atoms with Crippen molar-refractivity contribution in [3.8, 4) is 0 Å². The van der Waals surface area contributed by atoms with Gasteiger partial charge in [-0.05, 0) is 23.6 Å². The quantitative estimate of drug-likeness (QED) is 0.632. The number of hydroxylamine groups is 1. The first-order chi connectivity index (χ1) is 11.3. The monoisotopic (exact) mass is 312 g/mol. The smallest absolute Gasteiger partial charge is 0.330 e. The molecule has 0 saturated heterocycles. The Morgan fingerprint density at radius 3 is 2.70 bits per heavy atom. The van der Waals surface area contributed by atoms with Gasteiger partial charge in [0, 0.05) is 12.2 Å². The van der Waals surface area contributed by atoms with Crippen molar-refractivity contribution in [3.05, 3.63) is 65.7 Å². The van der Waals surface area contributed by atoms with Gasteiger partial charge in [-0.15, -0.1) is 0 Å². The lowest BCUT2D eigenvalue weighted by Gasteiger charge is -2.28. The largest absolute Gasteiger partial charge is 0.459 e. The highest BCUT2D eigenvalue weighted by Gasteiger charge is 2.31. The molecule has 5 heteroatoms. The fourth-order valence-electron chi connectivity index (χ4n) is 2.92. The number of carbonyl (C=O) groups is 1. The highest BCUT2D eigenvalue weighted by Crippen LogP contribution is 2.29. The predicted octanol–water partition coefficient (Wildman–Crippen LogP) is 2.14. The van der Waals surface area contributed by atoms with E-state index in [-0.39, 0.29) is 19.1 Å². The van der Waals surface area contributed by atoms with Gasteiger partial charge in [0.2, 0.25) is 0 Å². The van der Waals surface area contributed by atoms with E-state index in [1.165, 1.54) is 5.56 Å². The molecule has 0 amide bonds. The van der Waals surface area contributed by atoms with E-state index >= 15 is 0 Å². The van der Waals surface area contributed by atoms with Crippen molar-refractivity contribution in [2.24, 2.45) is 0 Å². The number of ether oxygens (including phenoxy) is 1. The summed E-state index contributed by atoms with van der Waals surface area (Å²) >= 11 is 0. The second-order valence-electron chi connectivity index (χ2n) is 5.54. The maximum atomic E-state index is 12.5. The molecule has 0 fully saturated rings. The minimum atomic E-state index is -0.549. The molecule has 1 heterocycles. The zero-order chi connectivity index (χ0) is 16.1. The summed E-state index contributed by atoms with van der Waals surface area (Å²) in [5.41, 5.74) is 5.30. The molecule has 0 bridgehead atoms. The van der Waals surface area contributed by atoms with Crippen LogP contribution in [0.3, 0.4) is 0 Å². The van der Waals surface area contributed by atoms with E-state index in [2.05, 4.69) is 11.5 Å². The highest BCUT2D eigenvalue weighted by molar-refractivity contribution is 5.81. The summed E-state index contributed by atoms with van der Waals surface area (Å²) < 4.78 is 5.44. The van der Waals surface area contributed by atoms with Crippen LogP contribution < -0.4 is 10.4 Å². The first-order valence-corrected chi connectivity index (χ1v) is 7.71. The molecule has 1 atom stereocenters. The van der Waals surface area contributed by atoms with E-state index in [0.717, 1.165) is 24.2 Å². The van der Waals surface area contributed by atoms with Gasteiger partial charge < -0.3 is 14.8 Å². The van der Waals surface area contributed by atoms with Crippen molar-refractivity contribution >= 4 is 11.7 Å². The zero-order valence-corrected chi connectivity index (χ0v) is 12.8. The van der Waals surface area contributed by atoms with E-state index < -0.39 is 6.04 Å². The number of para-hydroxylation sites is 1. The van der Waals surface area contributed by atoms with Crippen LogP contribution in [0.25, 0.3) is 0 Å². The summed E-state index contributed by atoms with van der Waals surface area (Å²) in [7, 11) is 0. The summed E-state index contributed by atoms with van der Waals surface area (Å²) in [6.07, 6.45) is 0.893. The lowest BCUT2D eigenvalue weighted by Crippen LogP contribution is -2.47. The molecular formula is C18H20N2O3. The predicted molar refractivity (Wildman–Crippen MR) is 87.3 cm³/mol. The standard InChI is InChI=1S/C18H20N2O3/c21-18(23-13-14-6-2-1-3-7-14)17(12-19-22)20-11-10-15-8-4-5-9-16(15)20/h1-9,17,19,22H,10-13H2. The summed E-state index contributed by atoms with van der Waals surface area (Å²) in [6.45, 7) is 1.10. The maximum absolute atomic E-state index is 12.5. The van der Waals surface area contributed by atoms with E-state index in [4.69, 9.17) is 9.94 Å². The van der Waals surface area contributed by atoms with E-state index in [1.807, 2.05) is 53.4 Å². The molecule has 0 spiro atoms. The van der Waals surface area contributed by atoms with Gasteiger partial charge in [-0.3, -0.25) is 0 Å². The highest BCUT2D eigenvalue weighted by atomic mass is 16.5. The van der Waals surface area contributed by atoms with Gasteiger partial charge in [0.25, 0.3) is 0 Å². The Kier molecular flexibility index (Phi) is 4.90. The lowest BCUT2D eigenvalue weighted by molar-refractivity contribution is -0.147. The molecule has 0 radical (unpaired) electrons. The summed E-state index contributed by atoms with van der Waals surface area (Å²) in [6, 6.07) is 17.0. The summed E-state index contributed by atoms with van der Waals surface area (Å²) in [5, 5.41) is 9.09. The Labute approximate surface area is 135 Å². The number of benzene rings is 2. The molecule has 23 heavy (non-hydrogen) atoms. The molecule has 2 N–H and O–H groups in total. The number of rotatable bonds is 6. The molecule has 120 valence electrons. The molecule has 1 aliphatic rings. The summed E-state index contributed by atoms with van der Waals surface area (Å²) in [4.78, 5) is 14.5. The molecule has 1 unspecified atom stereocenters. The normalized spacial score (nSPS) is 14.4. The topological polar surface area (TPSA) is 61.8 Å². The minimum absolute atomic E-state index is 0.127. The van der Waals surface area contributed by atoms with Crippen LogP contribution in [0, 0.1) is 0 Å². The fraction of sp³-hybridized carbons (Fsp3) is 0.278. The van der Waals surface area contributed by atoms with Crippen molar-refractivity contribution in [2.45, 2.75) is 19.1 Å². The third-order valence-corrected chi connectivity index (χ3v) is 4.08. The number of hydrogen-bond acceptors (Lipinski definition) is 5. The van der Waals surface area contributed by atoms with Crippen LogP contribution in [0.2, 0.25) is 0 Å². The number of nitrogens with one attached hydrogen (secondary N) is 1. The molecule has 0 saturated carbocycles. The van der Waals surface area contributed by atoms with Crippen molar-refractivity contribution in [2.75, 3.05) is 18.0 Å². The molecule has 1 aliphatic heterocycles. The summed E-state index contributed by atoms with van der Waals surface area (Å²) in [5.74, 6) is -0.341. The SMILES string of the molecule is O=C(OCc1ccccc1)C(CNO)N1CCc2ccccc21. The van der Waals surface area contributed by atoms with Crippen LogP contribution in [-0.2, 0) is 22.6 Å². The van der Waals surface area contributed by atoms with Gasteiger partial charge in [-0.2, -0.15) is 0 Å². The second kappa shape index (κ2) is 7.26. The zero-order valence-electron chi connectivity index (χ0n) is 12.8. The van der Waals surface area contributed by atoms with Crippen LogP contribution >= 0.6 is 0 Å². The van der Waals surface area contributed by atoms with Crippen LogP contribution in [0.4, 0.5) is 5.69 Å². The van der Waals surface area contributed by atoms with Crippen LogP contribution in [0.5, 0.6) is 0 Å². The van der Waals surface area contributed by atoms with Gasteiger partial charge in [0.1, 0.15) is 12.6 Å². The van der Waals surface area contributed by atoms with Gasteiger partial charge >= 0.3 is 5.97 Å². The minimum Gasteiger partial charge on any atom is -0.459 e. The first-order valence-electron chi connectivity index (χ1n) is 7.71. The molecular weight excluding hydrogens is 292 g/mol. The molecule has 5 nitrogen and oxygen atoms in total. The van der Waals surface area contributed by atoms with Gasteiger partial charge in [-0.1, -0.05) is 48.5 Å². The number of carbonyl (C=O) groups excluding carboxylic acids is 1. The number of fused-ring (bicyclic) bond motifs is 1. The van der Waals surface area contributed by atoms with Crippen LogP contribution in [0.15, 0.2) is 54.6 Å². The fourth-order valence-corrected chi connectivity index (χ4v) is 2.92. The van der Waals surface area contributed by atoms with Crippen molar-refractivity contribution in [1.82, 2.24) is 5.48 Å². The molecule has 2 aromatic carbocycles. The third-order valence-electron chi connectivity index (χ3n) is 4.08. The lowest BCUT2D eigenvalue weighted by atomic mass is 10.1. The van der Waals surface area contributed by atoms with E-state index in [1.54, 1.807) is 0 Å². The second-order valence-corrected chi connectivity index (χ2v) is 5.54. The molecule has 0 aromatic heterocycles. The van der Waals surface area contributed by atoms with Gasteiger partial charge in [0.05, 0.1) is 6.54 Å². The first kappa shape index (κ1) is 15.5. The number of nitrogens with zero attached hydrogens (tertiary/aromatic N) is 1. The number of esters is 1. The van der Waals surface area contributed by atoms with Gasteiger partial charge in [-0.25, -0.2) is 10.3 Å². The number of anilines is 1. The maximum Gasteiger partial charge on any atom is 0.330 e. The third kappa shape index (κ3) is 3.52. The van der Waals surface area contributed by atoms with E-state index in [9.17, 15) is 4.79 Å². The van der Waals surface area contributed by atoms with Crippen molar-refractivity contribution < 1.29 is 14.7 Å². The molecule has 3 rings (SSSR count). The Bertz CT molecular complexity index is 660. The van der Waals surface area contributed by atoms with Crippen molar-refractivity contribution in [1.29, 1.82) is 0 Å². The van der Waals surface area contributed by atoms with Crippen LogP contribution in [-0.4, -0.2) is 30.3 Å².